The zero-order valence-electron chi connectivity index (χ0n) is 18.0. The van der Waals surface area contributed by atoms with Crippen molar-refractivity contribution in [2.75, 3.05) is 31.1 Å². The highest BCUT2D eigenvalue weighted by Gasteiger charge is 2.33. The Morgan fingerprint density at radius 2 is 1.77 bits per heavy atom. The molecule has 6 heteroatoms. The summed E-state index contributed by atoms with van der Waals surface area (Å²) in [6.07, 6.45) is 10.7. The van der Waals surface area contributed by atoms with E-state index in [1.54, 1.807) is 4.88 Å². The molecule has 2 saturated carbocycles. The molecule has 160 valence electrons. The Kier molecular flexibility index (Phi) is 4.74. The van der Waals surface area contributed by atoms with Crippen molar-refractivity contribution in [2.24, 2.45) is 11.8 Å². The molecule has 30 heavy (non-hydrogen) atoms. The van der Waals surface area contributed by atoms with Crippen LogP contribution in [0.5, 0.6) is 0 Å². The highest BCUT2D eigenvalue weighted by Crippen LogP contribution is 2.45. The average molecular weight is 425 g/mol. The number of fused-ring (bicyclic) bond motifs is 3. The third-order valence-electron chi connectivity index (χ3n) is 7.69. The number of carbonyl (C=O) groups excluding carboxylic acids is 1. The van der Waals surface area contributed by atoms with E-state index in [-0.39, 0.29) is 5.92 Å². The lowest BCUT2D eigenvalue weighted by atomic mass is 9.89. The Hall–Kier alpha value is -1.69. The van der Waals surface area contributed by atoms with Crippen LogP contribution in [0.3, 0.4) is 0 Å². The van der Waals surface area contributed by atoms with E-state index >= 15 is 0 Å². The van der Waals surface area contributed by atoms with E-state index in [1.807, 2.05) is 11.3 Å². The second-order valence-corrected chi connectivity index (χ2v) is 11.1. The Labute approximate surface area is 182 Å². The van der Waals surface area contributed by atoms with Crippen molar-refractivity contribution in [3.05, 3.63) is 16.3 Å². The quantitative estimate of drug-likeness (QED) is 0.726. The van der Waals surface area contributed by atoms with Gasteiger partial charge in [0.25, 0.3) is 0 Å². The summed E-state index contributed by atoms with van der Waals surface area (Å²) in [6, 6.07) is 0. The smallest absolute Gasteiger partial charge is 0.225 e. The fourth-order valence-corrected chi connectivity index (χ4v) is 7.05. The molecule has 3 heterocycles. The first-order chi connectivity index (χ1) is 14.7. The zero-order valence-corrected chi connectivity index (χ0v) is 18.8. The Morgan fingerprint density at radius 1 is 1.00 bits per heavy atom. The predicted molar refractivity (Wildman–Crippen MR) is 121 cm³/mol. The lowest BCUT2D eigenvalue weighted by Crippen LogP contribution is -2.50. The number of hydrogen-bond donors (Lipinski definition) is 0. The van der Waals surface area contributed by atoms with Crippen LogP contribution in [0.2, 0.25) is 0 Å². The number of carbonyl (C=O) groups is 1. The third-order valence-corrected chi connectivity index (χ3v) is 8.84. The number of rotatable bonds is 3. The molecular weight excluding hydrogens is 392 g/mol. The van der Waals surface area contributed by atoms with E-state index in [2.05, 4.69) is 16.7 Å². The van der Waals surface area contributed by atoms with E-state index in [1.165, 1.54) is 60.1 Å². The van der Waals surface area contributed by atoms with Crippen molar-refractivity contribution < 1.29 is 4.79 Å². The molecule has 1 amide bonds. The highest BCUT2D eigenvalue weighted by molar-refractivity contribution is 7.19. The number of thiophene rings is 1. The molecule has 4 aliphatic rings. The summed E-state index contributed by atoms with van der Waals surface area (Å²) in [5, 5.41) is 1.34. The summed E-state index contributed by atoms with van der Waals surface area (Å²) in [6.45, 7) is 5.84. The van der Waals surface area contributed by atoms with Gasteiger partial charge in [0.05, 0.1) is 5.39 Å². The number of amides is 1. The molecule has 0 aromatic carbocycles. The average Bonchev–Trinajstić information content (AvgIpc) is 3.34. The standard InChI is InChI=1S/C24H32N4OS/c1-15-6-9-18-19(14-15)30-23-20(18)22(25-21(26-23)16-7-8-16)27-10-12-28(13-11-27)24(29)17-4-2-3-5-17/h15-17H,2-14H2,1H3/t15-/m1/s1. The molecular formula is C24H32N4OS. The van der Waals surface area contributed by atoms with E-state index in [9.17, 15) is 4.79 Å². The molecule has 0 N–H and O–H groups in total. The second-order valence-electron chi connectivity index (χ2n) is 10.0. The van der Waals surface area contributed by atoms with Crippen molar-refractivity contribution in [3.8, 4) is 0 Å². The number of piperazine rings is 1. The topological polar surface area (TPSA) is 49.3 Å². The summed E-state index contributed by atoms with van der Waals surface area (Å²) in [7, 11) is 0. The summed E-state index contributed by atoms with van der Waals surface area (Å²) in [5.41, 5.74) is 1.52. The molecule has 0 radical (unpaired) electrons. The lowest BCUT2D eigenvalue weighted by Gasteiger charge is -2.37. The largest absolute Gasteiger partial charge is 0.352 e. The van der Waals surface area contributed by atoms with E-state index in [0.29, 0.717) is 11.8 Å². The maximum absolute atomic E-state index is 12.9. The van der Waals surface area contributed by atoms with Gasteiger partial charge in [0, 0.05) is 42.9 Å². The van der Waals surface area contributed by atoms with Crippen LogP contribution >= 0.6 is 11.3 Å². The molecule has 1 aliphatic heterocycles. The van der Waals surface area contributed by atoms with Gasteiger partial charge < -0.3 is 9.80 Å². The van der Waals surface area contributed by atoms with Crippen LogP contribution in [-0.2, 0) is 17.6 Å². The minimum Gasteiger partial charge on any atom is -0.352 e. The number of aromatic nitrogens is 2. The van der Waals surface area contributed by atoms with Crippen LogP contribution in [0.4, 0.5) is 5.82 Å². The van der Waals surface area contributed by atoms with Crippen LogP contribution in [0.1, 0.15) is 74.1 Å². The molecule has 0 bridgehead atoms. The van der Waals surface area contributed by atoms with Crippen molar-refractivity contribution in [1.82, 2.24) is 14.9 Å². The molecule has 0 spiro atoms. The van der Waals surface area contributed by atoms with E-state index < -0.39 is 0 Å². The molecule has 2 aromatic heterocycles. The summed E-state index contributed by atoms with van der Waals surface area (Å²) in [5.74, 6) is 4.26. The van der Waals surface area contributed by atoms with Crippen LogP contribution in [-0.4, -0.2) is 47.0 Å². The van der Waals surface area contributed by atoms with Gasteiger partial charge >= 0.3 is 0 Å². The maximum Gasteiger partial charge on any atom is 0.225 e. The Morgan fingerprint density at radius 3 is 2.50 bits per heavy atom. The van der Waals surface area contributed by atoms with Crippen molar-refractivity contribution in [2.45, 2.75) is 70.6 Å². The number of anilines is 1. The molecule has 1 atom stereocenters. The summed E-state index contributed by atoms with van der Waals surface area (Å²) in [4.78, 5) is 30.4. The Bertz CT molecular complexity index is 967. The molecule has 6 rings (SSSR count). The minimum atomic E-state index is 0.287. The zero-order chi connectivity index (χ0) is 20.2. The molecule has 0 unspecified atom stereocenters. The highest BCUT2D eigenvalue weighted by atomic mass is 32.1. The fraction of sp³-hybridized carbons (Fsp3) is 0.708. The van der Waals surface area contributed by atoms with Gasteiger partial charge in [-0.3, -0.25) is 4.79 Å². The predicted octanol–water partition coefficient (Wildman–Crippen LogP) is 4.53. The normalized spacial score (nSPS) is 25.2. The van der Waals surface area contributed by atoms with Crippen LogP contribution in [0.25, 0.3) is 10.2 Å². The van der Waals surface area contributed by atoms with Gasteiger partial charge in [-0.1, -0.05) is 19.8 Å². The van der Waals surface area contributed by atoms with Gasteiger partial charge in [-0.15, -0.1) is 11.3 Å². The number of hydrogen-bond acceptors (Lipinski definition) is 5. The second kappa shape index (κ2) is 7.47. The third kappa shape index (κ3) is 3.31. The van der Waals surface area contributed by atoms with Crippen molar-refractivity contribution in [3.63, 3.8) is 0 Å². The van der Waals surface area contributed by atoms with Gasteiger partial charge in [0.2, 0.25) is 5.91 Å². The fourth-order valence-electron chi connectivity index (χ4n) is 5.66. The molecule has 1 saturated heterocycles. The van der Waals surface area contributed by atoms with Gasteiger partial charge in [0.1, 0.15) is 16.5 Å². The van der Waals surface area contributed by atoms with Gasteiger partial charge in [-0.25, -0.2) is 9.97 Å². The van der Waals surface area contributed by atoms with Gasteiger partial charge in [-0.2, -0.15) is 0 Å². The van der Waals surface area contributed by atoms with Gasteiger partial charge in [0.15, 0.2) is 0 Å². The molecule has 5 nitrogen and oxygen atoms in total. The summed E-state index contributed by atoms with van der Waals surface area (Å²) >= 11 is 1.92. The molecule has 2 aromatic rings. The monoisotopic (exact) mass is 424 g/mol. The molecule has 3 fully saturated rings. The Balaban J connectivity index is 1.30. The first-order valence-electron chi connectivity index (χ1n) is 12.0. The lowest BCUT2D eigenvalue weighted by molar-refractivity contribution is -0.135. The first kappa shape index (κ1) is 19.0. The van der Waals surface area contributed by atoms with Crippen LogP contribution in [0.15, 0.2) is 0 Å². The molecule has 3 aliphatic carbocycles. The number of aryl methyl sites for hydroxylation is 1. The SMILES string of the molecule is C[C@@H]1CCc2c(sc3nc(C4CC4)nc(N4CCN(C(=O)C5CCCC5)CC4)c23)C1. The van der Waals surface area contributed by atoms with Crippen LogP contribution in [0, 0.1) is 11.8 Å². The number of nitrogens with zero attached hydrogens (tertiary/aromatic N) is 4. The maximum atomic E-state index is 12.9. The van der Waals surface area contributed by atoms with Crippen LogP contribution < -0.4 is 4.90 Å². The van der Waals surface area contributed by atoms with Crippen molar-refractivity contribution >= 4 is 33.3 Å². The van der Waals surface area contributed by atoms with E-state index in [4.69, 9.17) is 9.97 Å². The van der Waals surface area contributed by atoms with E-state index in [0.717, 1.165) is 57.2 Å². The summed E-state index contributed by atoms with van der Waals surface area (Å²) < 4.78 is 0. The first-order valence-corrected chi connectivity index (χ1v) is 12.8. The van der Waals surface area contributed by atoms with Crippen molar-refractivity contribution in [1.29, 1.82) is 0 Å². The minimum absolute atomic E-state index is 0.287. The van der Waals surface area contributed by atoms with Gasteiger partial charge in [-0.05, 0) is 56.4 Å².